The first-order chi connectivity index (χ1) is 18.2. The lowest BCUT2D eigenvalue weighted by Gasteiger charge is -2.30. The molecule has 38 heavy (non-hydrogen) atoms. The highest BCUT2D eigenvalue weighted by Gasteiger charge is 2.42. The summed E-state index contributed by atoms with van der Waals surface area (Å²) in [7, 11) is 0. The number of aryl methyl sites for hydroxylation is 2. The van der Waals surface area contributed by atoms with Crippen molar-refractivity contribution in [1.82, 2.24) is 25.1 Å². The van der Waals surface area contributed by atoms with E-state index in [1.165, 1.54) is 6.33 Å². The molecule has 7 nitrogen and oxygen atoms in total. The van der Waals surface area contributed by atoms with E-state index >= 15 is 0 Å². The molecule has 1 aromatic heterocycles. The number of benzene rings is 1. The van der Waals surface area contributed by atoms with Gasteiger partial charge < -0.3 is 15.1 Å². The fourth-order valence-electron chi connectivity index (χ4n) is 6.41. The first-order valence-corrected chi connectivity index (χ1v) is 13.7. The second-order valence-electron chi connectivity index (χ2n) is 11.3. The third-order valence-corrected chi connectivity index (χ3v) is 8.63. The number of likely N-dealkylation sites (tertiary alicyclic amines) is 2. The van der Waals surface area contributed by atoms with E-state index in [1.54, 1.807) is 0 Å². The maximum Gasteiger partial charge on any atom is 0.257 e. The van der Waals surface area contributed by atoms with Crippen LogP contribution < -0.4 is 5.32 Å². The Morgan fingerprint density at radius 3 is 2.21 bits per heavy atom. The van der Waals surface area contributed by atoms with Crippen LogP contribution in [0, 0.1) is 31.6 Å². The lowest BCUT2D eigenvalue weighted by atomic mass is 9.86. The van der Waals surface area contributed by atoms with Crippen molar-refractivity contribution in [3.63, 3.8) is 0 Å². The predicted molar refractivity (Wildman–Crippen MR) is 140 cm³/mol. The Labute approximate surface area is 223 Å². The van der Waals surface area contributed by atoms with Gasteiger partial charge in [-0.05, 0) is 50.5 Å². The SMILES string of the molecule is Cc1ncnc(C)c1C(=O)N1CC2CN(CC[C@H](NC(=O)C3CCC(F)(F)CC3)c3ccccc3)CC2C1. The molecule has 3 aliphatic rings. The summed E-state index contributed by atoms with van der Waals surface area (Å²) in [5, 5.41) is 3.18. The average molecular weight is 526 g/mol. The van der Waals surface area contributed by atoms with Gasteiger partial charge in [0.05, 0.1) is 23.0 Å². The van der Waals surface area contributed by atoms with Crippen LogP contribution in [0.4, 0.5) is 8.78 Å². The van der Waals surface area contributed by atoms with E-state index in [2.05, 4.69) is 20.2 Å². The molecule has 2 unspecified atom stereocenters. The molecule has 2 saturated heterocycles. The van der Waals surface area contributed by atoms with E-state index in [1.807, 2.05) is 49.1 Å². The highest BCUT2D eigenvalue weighted by Crippen LogP contribution is 2.37. The van der Waals surface area contributed by atoms with Crippen molar-refractivity contribution in [2.75, 3.05) is 32.7 Å². The molecule has 5 rings (SSSR count). The highest BCUT2D eigenvalue weighted by molar-refractivity contribution is 5.96. The van der Waals surface area contributed by atoms with Gasteiger partial charge in [0.25, 0.3) is 5.91 Å². The second-order valence-corrected chi connectivity index (χ2v) is 11.3. The van der Waals surface area contributed by atoms with Crippen molar-refractivity contribution in [2.24, 2.45) is 17.8 Å². The summed E-state index contributed by atoms with van der Waals surface area (Å²) in [6.07, 6.45) is 2.29. The number of alkyl halides is 2. The number of fused-ring (bicyclic) bond motifs is 1. The zero-order chi connectivity index (χ0) is 26.9. The van der Waals surface area contributed by atoms with E-state index in [0.29, 0.717) is 17.4 Å². The molecule has 204 valence electrons. The number of aromatic nitrogens is 2. The fourth-order valence-corrected chi connectivity index (χ4v) is 6.41. The maximum absolute atomic E-state index is 13.6. The normalized spacial score (nSPS) is 24.3. The number of hydrogen-bond acceptors (Lipinski definition) is 5. The molecule has 2 amide bonds. The number of carbonyl (C=O) groups is 2. The number of amides is 2. The molecule has 3 atom stereocenters. The van der Waals surface area contributed by atoms with E-state index in [9.17, 15) is 18.4 Å². The number of halogens is 2. The van der Waals surface area contributed by atoms with Crippen molar-refractivity contribution in [3.8, 4) is 0 Å². The van der Waals surface area contributed by atoms with Crippen LogP contribution in [-0.2, 0) is 4.79 Å². The van der Waals surface area contributed by atoms with Gasteiger partial charge in [-0.25, -0.2) is 18.7 Å². The number of rotatable bonds is 7. The first kappa shape index (κ1) is 26.7. The number of nitrogens with one attached hydrogen (secondary N) is 1. The van der Waals surface area contributed by atoms with Gasteiger partial charge in [-0.15, -0.1) is 0 Å². The van der Waals surface area contributed by atoms with Gasteiger partial charge in [0.2, 0.25) is 11.8 Å². The summed E-state index contributed by atoms with van der Waals surface area (Å²) in [6, 6.07) is 9.74. The van der Waals surface area contributed by atoms with Gasteiger partial charge in [-0.1, -0.05) is 30.3 Å². The molecule has 2 aromatic rings. The Hall–Kier alpha value is -2.94. The van der Waals surface area contributed by atoms with E-state index < -0.39 is 5.92 Å². The van der Waals surface area contributed by atoms with Crippen LogP contribution in [0.2, 0.25) is 0 Å². The monoisotopic (exact) mass is 525 g/mol. The molecule has 0 bridgehead atoms. The molecule has 9 heteroatoms. The van der Waals surface area contributed by atoms with Gasteiger partial charge in [0, 0.05) is 51.5 Å². The summed E-state index contributed by atoms with van der Waals surface area (Å²) in [4.78, 5) is 39.0. The van der Waals surface area contributed by atoms with Crippen LogP contribution in [0.15, 0.2) is 36.7 Å². The molecule has 3 fully saturated rings. The largest absolute Gasteiger partial charge is 0.349 e. The quantitative estimate of drug-likeness (QED) is 0.587. The van der Waals surface area contributed by atoms with Gasteiger partial charge >= 0.3 is 0 Å². The van der Waals surface area contributed by atoms with Crippen molar-refractivity contribution >= 4 is 11.8 Å². The van der Waals surface area contributed by atoms with Crippen LogP contribution in [0.3, 0.4) is 0 Å². The Morgan fingerprint density at radius 1 is 1.00 bits per heavy atom. The average Bonchev–Trinajstić information content (AvgIpc) is 3.46. The lowest BCUT2D eigenvalue weighted by molar-refractivity contribution is -0.130. The third kappa shape index (κ3) is 5.87. The Bertz CT molecular complexity index is 1120. The van der Waals surface area contributed by atoms with Crippen molar-refractivity contribution in [3.05, 3.63) is 59.2 Å². The third-order valence-electron chi connectivity index (χ3n) is 8.63. The van der Waals surface area contributed by atoms with Gasteiger partial charge in [0.1, 0.15) is 6.33 Å². The molecule has 1 saturated carbocycles. The fraction of sp³-hybridized carbons (Fsp3) is 0.586. The molecule has 1 aromatic carbocycles. The minimum absolute atomic E-state index is 0.0221. The molecular weight excluding hydrogens is 488 g/mol. The first-order valence-electron chi connectivity index (χ1n) is 13.7. The standard InChI is InChI=1S/C29H37F2N5O2/c1-19-26(20(2)33-18-32-19)28(38)36-16-23-14-35(15-24(23)17-36)13-10-25(21-6-4-3-5-7-21)34-27(37)22-8-11-29(30,31)12-9-22/h3-7,18,22-25H,8-17H2,1-2H3,(H,34,37)/t23?,24?,25-/m0/s1. The summed E-state index contributed by atoms with van der Waals surface area (Å²) >= 11 is 0. The topological polar surface area (TPSA) is 78.4 Å². The van der Waals surface area contributed by atoms with E-state index in [-0.39, 0.29) is 49.5 Å². The summed E-state index contributed by atoms with van der Waals surface area (Å²) in [5.41, 5.74) is 3.09. The Morgan fingerprint density at radius 2 is 1.61 bits per heavy atom. The van der Waals surface area contributed by atoms with Crippen LogP contribution >= 0.6 is 0 Å². The van der Waals surface area contributed by atoms with Crippen LogP contribution in [0.5, 0.6) is 0 Å². The summed E-state index contributed by atoms with van der Waals surface area (Å²) in [6.45, 7) is 7.85. The molecular formula is C29H37F2N5O2. The van der Waals surface area contributed by atoms with Gasteiger partial charge in [-0.2, -0.15) is 0 Å². The predicted octanol–water partition coefficient (Wildman–Crippen LogP) is 4.17. The minimum atomic E-state index is -2.64. The summed E-state index contributed by atoms with van der Waals surface area (Å²) < 4.78 is 27.2. The minimum Gasteiger partial charge on any atom is -0.349 e. The Balaban J connectivity index is 1.16. The van der Waals surface area contributed by atoms with Crippen molar-refractivity contribution in [2.45, 2.75) is 57.9 Å². The molecule has 0 spiro atoms. The number of nitrogens with zero attached hydrogens (tertiary/aromatic N) is 4. The lowest BCUT2D eigenvalue weighted by Crippen LogP contribution is -2.39. The zero-order valence-electron chi connectivity index (χ0n) is 22.2. The van der Waals surface area contributed by atoms with Crippen LogP contribution in [0.1, 0.15) is 65.5 Å². The molecule has 2 aliphatic heterocycles. The second kappa shape index (κ2) is 11.0. The molecule has 1 aliphatic carbocycles. The zero-order valence-corrected chi connectivity index (χ0v) is 22.2. The Kier molecular flexibility index (Phi) is 7.75. The summed E-state index contributed by atoms with van der Waals surface area (Å²) in [5.74, 6) is -2.23. The number of hydrogen-bond donors (Lipinski definition) is 1. The van der Waals surface area contributed by atoms with E-state index in [0.717, 1.165) is 56.1 Å². The molecule has 3 heterocycles. The molecule has 0 radical (unpaired) electrons. The van der Waals surface area contributed by atoms with Crippen LogP contribution in [0.25, 0.3) is 0 Å². The number of carbonyl (C=O) groups excluding carboxylic acids is 2. The van der Waals surface area contributed by atoms with Crippen LogP contribution in [-0.4, -0.2) is 70.2 Å². The van der Waals surface area contributed by atoms with E-state index in [4.69, 9.17) is 0 Å². The molecule has 1 N–H and O–H groups in total. The van der Waals surface area contributed by atoms with Crippen molar-refractivity contribution in [1.29, 1.82) is 0 Å². The highest BCUT2D eigenvalue weighted by atomic mass is 19.3. The smallest absolute Gasteiger partial charge is 0.257 e. The van der Waals surface area contributed by atoms with Gasteiger partial charge in [0.15, 0.2) is 0 Å². The maximum atomic E-state index is 13.6. The van der Waals surface area contributed by atoms with Crippen molar-refractivity contribution < 1.29 is 18.4 Å². The van der Waals surface area contributed by atoms with Gasteiger partial charge in [-0.3, -0.25) is 9.59 Å².